The molecular formula is C20H23ClN4O5. The number of hydrogen-bond donors (Lipinski definition) is 2. The van der Waals surface area contributed by atoms with Crippen molar-refractivity contribution in [2.45, 2.75) is 13.5 Å². The molecule has 30 heavy (non-hydrogen) atoms. The minimum Gasteiger partial charge on any atom is -0.486 e. The van der Waals surface area contributed by atoms with Gasteiger partial charge in [-0.1, -0.05) is 11.6 Å². The third-order valence-corrected chi connectivity index (χ3v) is 4.92. The van der Waals surface area contributed by atoms with Crippen LogP contribution in [0.1, 0.15) is 11.4 Å². The Hall–Kier alpha value is -3.04. The zero-order chi connectivity index (χ0) is 21.8. The van der Waals surface area contributed by atoms with Crippen molar-refractivity contribution in [3.63, 3.8) is 0 Å². The van der Waals surface area contributed by atoms with Crippen molar-refractivity contribution in [1.82, 2.24) is 14.7 Å². The number of nitrogens with one attached hydrogen (secondary N) is 1. The Morgan fingerprint density at radius 3 is 2.73 bits per heavy atom. The van der Waals surface area contributed by atoms with Crippen molar-refractivity contribution in [2.75, 3.05) is 32.1 Å². The van der Waals surface area contributed by atoms with Crippen molar-refractivity contribution in [2.24, 2.45) is 7.05 Å². The summed E-state index contributed by atoms with van der Waals surface area (Å²) >= 11 is 6.34. The van der Waals surface area contributed by atoms with E-state index in [1.54, 1.807) is 22.9 Å². The lowest BCUT2D eigenvalue weighted by atomic mass is 10.2. The Kier molecular flexibility index (Phi) is 6.63. The van der Waals surface area contributed by atoms with Crippen molar-refractivity contribution in [1.29, 1.82) is 0 Å². The summed E-state index contributed by atoms with van der Waals surface area (Å²) in [7, 11) is 3.09. The normalized spacial score (nSPS) is 13.8. The van der Waals surface area contributed by atoms with Gasteiger partial charge in [0.05, 0.1) is 42.2 Å². The van der Waals surface area contributed by atoms with Gasteiger partial charge >= 0.3 is 5.97 Å². The number of aliphatic hydroxyl groups excluding tert-OH is 1. The van der Waals surface area contributed by atoms with Crippen molar-refractivity contribution in [3.05, 3.63) is 51.9 Å². The van der Waals surface area contributed by atoms with Gasteiger partial charge in [0.1, 0.15) is 18.1 Å². The number of amides is 1. The molecule has 0 spiro atoms. The molecule has 0 saturated carbocycles. The van der Waals surface area contributed by atoms with E-state index in [0.717, 1.165) is 11.4 Å². The van der Waals surface area contributed by atoms with Crippen LogP contribution < -0.4 is 10.1 Å². The van der Waals surface area contributed by atoms with Gasteiger partial charge in [-0.05, 0) is 31.2 Å². The number of carbonyl (C=O) groups excluding carboxylic acids is 2. The molecule has 2 heterocycles. The van der Waals surface area contributed by atoms with E-state index in [9.17, 15) is 9.59 Å². The summed E-state index contributed by atoms with van der Waals surface area (Å²) in [6, 6.07) is 6.90. The van der Waals surface area contributed by atoms with Gasteiger partial charge < -0.3 is 24.8 Å². The second-order valence-electron chi connectivity index (χ2n) is 6.75. The van der Waals surface area contributed by atoms with Crippen LogP contribution in [0.4, 0.5) is 5.69 Å². The Bertz CT molecular complexity index is 1000. The van der Waals surface area contributed by atoms with Gasteiger partial charge in [-0.15, -0.1) is 0 Å². The second kappa shape index (κ2) is 9.19. The lowest BCUT2D eigenvalue weighted by Crippen LogP contribution is -2.31. The highest BCUT2D eigenvalue weighted by Crippen LogP contribution is 2.30. The van der Waals surface area contributed by atoms with Gasteiger partial charge in [0, 0.05) is 19.3 Å². The molecule has 0 aliphatic carbocycles. The number of halogens is 1. The number of nitrogens with zero attached hydrogens (tertiary/aromatic N) is 3. The first-order chi connectivity index (χ1) is 14.3. The van der Waals surface area contributed by atoms with E-state index in [0.29, 0.717) is 23.1 Å². The van der Waals surface area contributed by atoms with Crippen LogP contribution in [0.15, 0.2) is 35.5 Å². The minimum atomic E-state index is -0.608. The highest BCUT2D eigenvalue weighted by molar-refractivity contribution is 6.32. The molecule has 0 unspecified atom stereocenters. The van der Waals surface area contributed by atoms with E-state index in [2.05, 4.69) is 10.4 Å². The Morgan fingerprint density at radius 2 is 2.13 bits per heavy atom. The first kappa shape index (κ1) is 21.7. The predicted octanol–water partition coefficient (Wildman–Crippen LogP) is 1.63. The molecule has 2 N–H and O–H groups in total. The molecule has 1 amide bonds. The molecular weight excluding hydrogens is 412 g/mol. The maximum Gasteiger partial charge on any atom is 0.337 e. The van der Waals surface area contributed by atoms with Crippen LogP contribution in [-0.4, -0.2) is 58.5 Å². The van der Waals surface area contributed by atoms with Crippen LogP contribution in [0.2, 0.25) is 5.02 Å². The highest BCUT2D eigenvalue weighted by atomic mass is 35.5. The third-order valence-electron chi connectivity index (χ3n) is 4.63. The molecule has 10 heteroatoms. The molecule has 160 valence electrons. The van der Waals surface area contributed by atoms with Crippen molar-refractivity contribution >= 4 is 29.2 Å². The lowest BCUT2D eigenvalue weighted by Gasteiger charge is -2.15. The average molecular weight is 435 g/mol. The molecule has 1 aliphatic heterocycles. The van der Waals surface area contributed by atoms with E-state index in [1.807, 2.05) is 20.0 Å². The molecule has 3 rings (SSSR count). The number of rotatable bonds is 8. The largest absolute Gasteiger partial charge is 0.486 e. The molecule has 0 atom stereocenters. The van der Waals surface area contributed by atoms with Crippen molar-refractivity contribution < 1.29 is 24.2 Å². The van der Waals surface area contributed by atoms with Crippen molar-refractivity contribution in [3.8, 4) is 5.75 Å². The molecule has 1 aliphatic rings. The van der Waals surface area contributed by atoms with Crippen LogP contribution in [0.25, 0.3) is 0 Å². The molecule has 9 nitrogen and oxygen atoms in total. The summed E-state index contributed by atoms with van der Waals surface area (Å²) in [6.45, 7) is 2.18. The Labute approximate surface area is 178 Å². The molecule has 0 radical (unpaired) electrons. The maximum absolute atomic E-state index is 12.6. The van der Waals surface area contributed by atoms with Crippen LogP contribution in [0.3, 0.4) is 0 Å². The number of esters is 1. The first-order valence-corrected chi connectivity index (χ1v) is 9.62. The number of ether oxygens (including phenoxy) is 2. The summed E-state index contributed by atoms with van der Waals surface area (Å²) in [6.07, 6.45) is 0. The van der Waals surface area contributed by atoms with E-state index in [-0.39, 0.29) is 31.0 Å². The topological polar surface area (TPSA) is 106 Å². The smallest absolute Gasteiger partial charge is 0.337 e. The monoisotopic (exact) mass is 434 g/mol. The number of hydrogen-bond acceptors (Lipinski definition) is 7. The minimum absolute atomic E-state index is 0.0629. The number of aliphatic hydroxyl groups is 1. The predicted molar refractivity (Wildman–Crippen MR) is 110 cm³/mol. The summed E-state index contributed by atoms with van der Waals surface area (Å²) in [5.74, 6) is -0.529. The SMILES string of the molecule is COC(=O)C1=C(Nc2ccc(OCc3cc(C)nn3C)c(Cl)c2)C(=O)N(CCO)C1. The van der Waals surface area contributed by atoms with Gasteiger partial charge in [0.25, 0.3) is 5.91 Å². The van der Waals surface area contributed by atoms with E-state index in [4.69, 9.17) is 26.2 Å². The summed E-state index contributed by atoms with van der Waals surface area (Å²) in [4.78, 5) is 26.0. The van der Waals surface area contributed by atoms with Crippen LogP contribution in [0, 0.1) is 6.92 Å². The number of carbonyl (C=O) groups is 2. The molecule has 1 aromatic carbocycles. The number of benzene rings is 1. The summed E-state index contributed by atoms with van der Waals surface area (Å²) in [5.41, 5.74) is 2.61. The molecule has 1 aromatic heterocycles. The Balaban J connectivity index is 1.76. The fourth-order valence-electron chi connectivity index (χ4n) is 3.14. The van der Waals surface area contributed by atoms with Crippen LogP contribution >= 0.6 is 11.6 Å². The summed E-state index contributed by atoms with van der Waals surface area (Å²) in [5, 5.41) is 16.7. The van der Waals surface area contributed by atoms with Crippen LogP contribution in [-0.2, 0) is 28.0 Å². The number of β-amino-alcohol motifs (C(OH)–C–C–N with tert-alkyl or cyclic N) is 1. The molecule has 0 bridgehead atoms. The molecule has 0 saturated heterocycles. The van der Waals surface area contributed by atoms with Gasteiger partial charge in [-0.25, -0.2) is 4.79 Å². The quantitative estimate of drug-likeness (QED) is 0.608. The average Bonchev–Trinajstić information content (AvgIpc) is 3.20. The molecule has 2 aromatic rings. The van der Waals surface area contributed by atoms with E-state index < -0.39 is 11.9 Å². The number of aromatic nitrogens is 2. The standard InChI is InChI=1S/C20H23ClN4O5/c1-12-8-14(24(2)23-12)11-30-17-5-4-13(9-16(17)21)22-18-15(20(28)29-3)10-25(6-7-26)19(18)27/h4-5,8-9,22,26H,6-7,10-11H2,1-3H3. The first-order valence-electron chi connectivity index (χ1n) is 9.24. The highest BCUT2D eigenvalue weighted by Gasteiger charge is 2.34. The third kappa shape index (κ3) is 4.58. The zero-order valence-electron chi connectivity index (χ0n) is 16.9. The van der Waals surface area contributed by atoms with E-state index in [1.165, 1.54) is 12.0 Å². The fraction of sp³-hybridized carbons (Fsp3) is 0.350. The number of anilines is 1. The lowest BCUT2D eigenvalue weighted by molar-refractivity contribution is -0.136. The zero-order valence-corrected chi connectivity index (χ0v) is 17.7. The van der Waals surface area contributed by atoms with Crippen LogP contribution in [0.5, 0.6) is 5.75 Å². The fourth-order valence-corrected chi connectivity index (χ4v) is 3.38. The maximum atomic E-state index is 12.6. The Morgan fingerprint density at radius 1 is 1.37 bits per heavy atom. The second-order valence-corrected chi connectivity index (χ2v) is 7.16. The van der Waals surface area contributed by atoms with Gasteiger partial charge in [0.2, 0.25) is 0 Å². The van der Waals surface area contributed by atoms with Gasteiger partial charge in [0.15, 0.2) is 0 Å². The van der Waals surface area contributed by atoms with Gasteiger partial charge in [-0.2, -0.15) is 5.10 Å². The summed E-state index contributed by atoms with van der Waals surface area (Å²) < 4.78 is 12.3. The molecule has 0 fully saturated rings. The number of aryl methyl sites for hydroxylation is 2. The number of methoxy groups -OCH3 is 1. The van der Waals surface area contributed by atoms with E-state index >= 15 is 0 Å². The van der Waals surface area contributed by atoms with Gasteiger partial charge in [-0.3, -0.25) is 9.48 Å².